The molecule has 6 nitrogen and oxygen atoms in total. The van der Waals surface area contributed by atoms with Crippen LogP contribution in [0.1, 0.15) is 42.0 Å². The number of amides is 1. The molecule has 8 heteroatoms. The van der Waals surface area contributed by atoms with E-state index < -0.39 is 0 Å². The average Bonchev–Trinajstić information content (AvgIpc) is 3.07. The molecule has 0 saturated carbocycles. The Hall–Kier alpha value is -2.89. The maximum atomic E-state index is 13.2. The maximum Gasteiger partial charge on any atom is 0.270 e. The van der Waals surface area contributed by atoms with Crippen molar-refractivity contribution in [3.8, 4) is 6.07 Å². The van der Waals surface area contributed by atoms with Gasteiger partial charge in [-0.05, 0) is 37.0 Å². The molecule has 172 valence electrons. The third kappa shape index (κ3) is 5.21. The van der Waals surface area contributed by atoms with Crippen LogP contribution in [-0.4, -0.2) is 39.8 Å². The molecule has 0 radical (unpaired) electrons. The normalized spacial score (nSPS) is 14.8. The summed E-state index contributed by atoms with van der Waals surface area (Å²) >= 11 is 6.77. The van der Waals surface area contributed by atoms with E-state index in [4.69, 9.17) is 12.2 Å². The van der Waals surface area contributed by atoms with E-state index in [9.17, 15) is 14.9 Å². The summed E-state index contributed by atoms with van der Waals surface area (Å²) in [5.74, 6) is 0.550. The zero-order valence-corrected chi connectivity index (χ0v) is 21.1. The number of carbonyl (C=O) groups excluding carboxylic acids is 1. The number of thioether (sulfide) groups is 1. The summed E-state index contributed by atoms with van der Waals surface area (Å²) in [6.07, 6.45) is 4.48. The summed E-state index contributed by atoms with van der Waals surface area (Å²) < 4.78 is 2.02. The van der Waals surface area contributed by atoms with Crippen LogP contribution in [0.5, 0.6) is 0 Å². The van der Waals surface area contributed by atoms with Crippen molar-refractivity contribution in [1.29, 1.82) is 5.26 Å². The lowest BCUT2D eigenvalue weighted by atomic mass is 10.0. The van der Waals surface area contributed by atoms with Crippen LogP contribution < -0.4 is 10.5 Å². The molecule has 1 fully saturated rings. The number of aromatic nitrogens is 1. The first kappa shape index (κ1) is 24.7. The molecular formula is C25H28N4O2S2. The third-order valence-corrected chi connectivity index (χ3v) is 7.17. The minimum atomic E-state index is -0.332. The van der Waals surface area contributed by atoms with Crippen LogP contribution in [0.25, 0.3) is 6.08 Å². The van der Waals surface area contributed by atoms with Crippen molar-refractivity contribution >= 4 is 46.1 Å². The van der Waals surface area contributed by atoms with Crippen molar-refractivity contribution < 1.29 is 4.79 Å². The minimum absolute atomic E-state index is 0.0935. The molecule has 3 rings (SSSR count). The number of anilines is 1. The molecule has 0 aliphatic carbocycles. The summed E-state index contributed by atoms with van der Waals surface area (Å²) in [6, 6.07) is 12.0. The van der Waals surface area contributed by atoms with Gasteiger partial charge in [0.1, 0.15) is 21.8 Å². The predicted octanol–water partition coefficient (Wildman–Crippen LogP) is 4.25. The number of carbonyl (C=O) groups is 1. The highest BCUT2D eigenvalue weighted by Crippen LogP contribution is 2.35. The summed E-state index contributed by atoms with van der Waals surface area (Å²) in [6.45, 7) is 5.14. The van der Waals surface area contributed by atoms with Crippen LogP contribution in [0.15, 0.2) is 40.0 Å². The van der Waals surface area contributed by atoms with Crippen molar-refractivity contribution in [1.82, 2.24) is 9.47 Å². The quantitative estimate of drug-likeness (QED) is 0.416. The number of pyridine rings is 1. The van der Waals surface area contributed by atoms with E-state index in [1.54, 1.807) is 24.9 Å². The van der Waals surface area contributed by atoms with Crippen LogP contribution in [-0.2, 0) is 18.3 Å². The fraction of sp³-hybridized carbons (Fsp3) is 0.360. The van der Waals surface area contributed by atoms with E-state index in [0.29, 0.717) is 39.1 Å². The number of unbranched alkanes of at least 4 members (excludes halogenated alkanes) is 1. The van der Waals surface area contributed by atoms with Crippen LogP contribution in [0.2, 0.25) is 0 Å². The second-order valence-electron chi connectivity index (χ2n) is 8.06. The van der Waals surface area contributed by atoms with Crippen molar-refractivity contribution in [2.75, 3.05) is 25.0 Å². The summed E-state index contributed by atoms with van der Waals surface area (Å²) in [4.78, 5) is 30.1. The molecule has 0 atom stereocenters. The van der Waals surface area contributed by atoms with E-state index in [0.717, 1.165) is 24.9 Å². The number of nitriles is 1. The Labute approximate surface area is 204 Å². The van der Waals surface area contributed by atoms with Crippen LogP contribution in [0, 0.1) is 18.3 Å². The molecule has 1 aliphatic heterocycles. The molecule has 1 aromatic carbocycles. The van der Waals surface area contributed by atoms with Crippen LogP contribution in [0.4, 0.5) is 5.82 Å². The zero-order valence-electron chi connectivity index (χ0n) is 19.4. The first-order valence-corrected chi connectivity index (χ1v) is 12.2. The molecule has 1 aromatic heterocycles. The Kier molecular flexibility index (Phi) is 8.11. The Morgan fingerprint density at radius 2 is 1.94 bits per heavy atom. The molecule has 0 unspecified atom stereocenters. The largest absolute Gasteiger partial charge is 0.360 e. The van der Waals surface area contributed by atoms with Gasteiger partial charge in [0.2, 0.25) is 0 Å². The summed E-state index contributed by atoms with van der Waals surface area (Å²) in [7, 11) is 3.60. The van der Waals surface area contributed by atoms with E-state index in [1.165, 1.54) is 16.3 Å². The number of hydrogen-bond donors (Lipinski definition) is 0. The van der Waals surface area contributed by atoms with E-state index in [-0.39, 0.29) is 17.0 Å². The lowest BCUT2D eigenvalue weighted by Crippen LogP contribution is -2.31. The van der Waals surface area contributed by atoms with Crippen LogP contribution >= 0.6 is 24.0 Å². The van der Waals surface area contributed by atoms with Crippen molar-refractivity contribution in [3.63, 3.8) is 0 Å². The summed E-state index contributed by atoms with van der Waals surface area (Å²) in [5.41, 5.74) is 2.18. The van der Waals surface area contributed by atoms with Gasteiger partial charge in [-0.2, -0.15) is 5.26 Å². The Morgan fingerprint density at radius 1 is 1.24 bits per heavy atom. The van der Waals surface area contributed by atoms with Gasteiger partial charge in [0, 0.05) is 32.7 Å². The van der Waals surface area contributed by atoms with Crippen molar-refractivity contribution in [2.45, 2.75) is 33.1 Å². The molecule has 1 amide bonds. The molecular weight excluding hydrogens is 452 g/mol. The van der Waals surface area contributed by atoms with Gasteiger partial charge in [0.05, 0.1) is 4.91 Å². The van der Waals surface area contributed by atoms with Gasteiger partial charge in [0.15, 0.2) is 0 Å². The van der Waals surface area contributed by atoms with Gasteiger partial charge in [-0.15, -0.1) is 0 Å². The standard InChI is InChI=1S/C25H28N4O2S2/c1-5-6-13-27(3)22-19(17(2)20(16-26)23(30)28(22)4)15-21-24(31)29(25(32)33-21)14-12-18-10-8-7-9-11-18/h7-11,15H,5-6,12-14H2,1-4H3. The van der Waals surface area contributed by atoms with Gasteiger partial charge < -0.3 is 4.90 Å². The predicted molar refractivity (Wildman–Crippen MR) is 139 cm³/mol. The minimum Gasteiger partial charge on any atom is -0.360 e. The third-order valence-electron chi connectivity index (χ3n) is 5.79. The number of hydrogen-bond acceptors (Lipinski definition) is 6. The van der Waals surface area contributed by atoms with Crippen molar-refractivity contribution in [3.05, 3.63) is 67.8 Å². The molecule has 0 bridgehead atoms. The van der Waals surface area contributed by atoms with E-state index in [2.05, 4.69) is 6.92 Å². The molecule has 33 heavy (non-hydrogen) atoms. The lowest BCUT2D eigenvalue weighted by Gasteiger charge is -2.25. The van der Waals surface area contributed by atoms with E-state index in [1.807, 2.05) is 48.3 Å². The smallest absolute Gasteiger partial charge is 0.270 e. The second-order valence-corrected chi connectivity index (χ2v) is 9.73. The highest BCUT2D eigenvalue weighted by atomic mass is 32.2. The average molecular weight is 481 g/mol. The molecule has 2 aromatic rings. The summed E-state index contributed by atoms with van der Waals surface area (Å²) in [5, 5.41) is 9.60. The van der Waals surface area contributed by atoms with Gasteiger partial charge in [-0.3, -0.25) is 19.1 Å². The lowest BCUT2D eigenvalue weighted by molar-refractivity contribution is -0.122. The van der Waals surface area contributed by atoms with Crippen molar-refractivity contribution in [2.24, 2.45) is 7.05 Å². The first-order chi connectivity index (χ1) is 15.8. The van der Waals surface area contributed by atoms with E-state index >= 15 is 0 Å². The monoisotopic (exact) mass is 480 g/mol. The molecule has 2 heterocycles. The van der Waals surface area contributed by atoms with Gasteiger partial charge in [0.25, 0.3) is 11.5 Å². The molecule has 1 aliphatic rings. The zero-order chi connectivity index (χ0) is 24.1. The fourth-order valence-electron chi connectivity index (χ4n) is 3.88. The topological polar surface area (TPSA) is 69.3 Å². The maximum absolute atomic E-state index is 13.2. The highest BCUT2D eigenvalue weighted by molar-refractivity contribution is 8.26. The molecule has 0 spiro atoms. The second kappa shape index (κ2) is 10.8. The first-order valence-electron chi connectivity index (χ1n) is 10.9. The number of benzene rings is 1. The fourth-order valence-corrected chi connectivity index (χ4v) is 5.17. The molecule has 0 N–H and O–H groups in total. The number of rotatable bonds is 8. The van der Waals surface area contributed by atoms with Gasteiger partial charge in [-0.25, -0.2) is 0 Å². The molecule has 1 saturated heterocycles. The number of thiocarbonyl (C=S) groups is 1. The highest BCUT2D eigenvalue weighted by Gasteiger charge is 2.32. The Morgan fingerprint density at radius 3 is 2.58 bits per heavy atom. The SMILES string of the molecule is CCCCN(C)c1c(C=C2SC(=S)N(CCc3ccccc3)C2=O)c(C)c(C#N)c(=O)n1C. The van der Waals surface area contributed by atoms with Crippen LogP contribution in [0.3, 0.4) is 0 Å². The Bertz CT molecular complexity index is 1200. The van der Waals surface area contributed by atoms with Gasteiger partial charge >= 0.3 is 0 Å². The Balaban J connectivity index is 2.00. The number of nitrogens with zero attached hydrogens (tertiary/aromatic N) is 4. The van der Waals surface area contributed by atoms with Gasteiger partial charge in [-0.1, -0.05) is 67.7 Å².